The van der Waals surface area contributed by atoms with Crippen molar-refractivity contribution in [1.29, 1.82) is 0 Å². The molecule has 0 spiro atoms. The van der Waals surface area contributed by atoms with Crippen molar-refractivity contribution in [1.82, 2.24) is 4.13 Å². The first-order chi connectivity index (χ1) is 8.37. The number of alkyl halides is 1. The fourth-order valence-electron chi connectivity index (χ4n) is 1.24. The monoisotopic (exact) mass is 311 g/mol. The maximum Gasteiger partial charge on any atom is 0.253 e. The predicted molar refractivity (Wildman–Crippen MR) is 70.5 cm³/mol. The third-order valence-electron chi connectivity index (χ3n) is 2.09. The van der Waals surface area contributed by atoms with E-state index in [-0.39, 0.29) is 10.6 Å². The summed E-state index contributed by atoms with van der Waals surface area (Å²) in [6.07, 6.45) is 0.844. The summed E-state index contributed by atoms with van der Waals surface area (Å²) in [7, 11) is -7.88. The van der Waals surface area contributed by atoms with Gasteiger partial charge in [-0.2, -0.15) is 0 Å². The first kappa shape index (κ1) is 15.4. The molecule has 0 aromatic heterocycles. The SMILES string of the molecule is O=S(=O)(CCCCCl)NS(=O)(=O)c1ccccc1. The number of hydrogen-bond donors (Lipinski definition) is 1. The third-order valence-corrected chi connectivity index (χ3v) is 5.97. The van der Waals surface area contributed by atoms with Gasteiger partial charge in [0.1, 0.15) is 0 Å². The number of rotatable bonds is 7. The second kappa shape index (κ2) is 6.51. The van der Waals surface area contributed by atoms with E-state index in [4.69, 9.17) is 11.6 Å². The Morgan fingerprint density at radius 3 is 2.17 bits per heavy atom. The van der Waals surface area contributed by atoms with E-state index < -0.39 is 20.0 Å². The number of halogens is 1. The van der Waals surface area contributed by atoms with E-state index in [1.807, 2.05) is 0 Å². The van der Waals surface area contributed by atoms with Crippen LogP contribution in [0.25, 0.3) is 0 Å². The van der Waals surface area contributed by atoms with Crippen LogP contribution in [0.15, 0.2) is 35.2 Å². The number of nitrogens with one attached hydrogen (secondary N) is 1. The summed E-state index contributed by atoms with van der Waals surface area (Å²) in [6.45, 7) is 0. The maximum atomic E-state index is 11.8. The van der Waals surface area contributed by atoms with E-state index in [1.165, 1.54) is 24.3 Å². The Kier molecular flexibility index (Phi) is 5.58. The first-order valence-electron chi connectivity index (χ1n) is 5.25. The Morgan fingerprint density at radius 2 is 1.61 bits per heavy atom. The molecule has 1 N–H and O–H groups in total. The smallest absolute Gasteiger partial charge is 0.211 e. The van der Waals surface area contributed by atoms with Gasteiger partial charge >= 0.3 is 0 Å². The van der Waals surface area contributed by atoms with Gasteiger partial charge in [-0.25, -0.2) is 16.8 Å². The molecule has 0 aliphatic rings. The molecule has 1 aromatic carbocycles. The summed E-state index contributed by atoms with van der Waals surface area (Å²) in [5.41, 5.74) is 0. The lowest BCUT2D eigenvalue weighted by atomic mass is 10.4. The van der Waals surface area contributed by atoms with Crippen LogP contribution < -0.4 is 4.13 Å². The minimum absolute atomic E-state index is 0.0779. The molecule has 0 aliphatic carbocycles. The zero-order chi connectivity index (χ0) is 13.6. The van der Waals surface area contributed by atoms with Gasteiger partial charge in [0, 0.05) is 5.88 Å². The highest BCUT2D eigenvalue weighted by Gasteiger charge is 2.21. The second-order valence-corrected chi connectivity index (χ2v) is 7.78. The number of sulfonamides is 2. The standard InChI is InChI=1S/C10H14ClNO4S2/c11-8-4-5-9-17(13,14)12-18(15,16)10-6-2-1-3-7-10/h1-3,6-7,12H,4-5,8-9H2. The lowest BCUT2D eigenvalue weighted by Gasteiger charge is -2.07. The van der Waals surface area contributed by atoms with E-state index in [1.54, 1.807) is 10.2 Å². The quantitative estimate of drug-likeness (QED) is 0.608. The zero-order valence-electron chi connectivity index (χ0n) is 9.54. The summed E-state index contributed by atoms with van der Waals surface area (Å²) >= 11 is 5.43. The molecule has 0 fully saturated rings. The van der Waals surface area contributed by atoms with Gasteiger partial charge in [0.25, 0.3) is 10.0 Å². The highest BCUT2D eigenvalue weighted by molar-refractivity contribution is 8.04. The minimum atomic E-state index is -4.03. The van der Waals surface area contributed by atoms with Gasteiger partial charge in [-0.05, 0) is 25.0 Å². The van der Waals surface area contributed by atoms with Gasteiger partial charge in [0.05, 0.1) is 10.6 Å². The Bertz CT molecular complexity index is 569. The van der Waals surface area contributed by atoms with Crippen molar-refractivity contribution in [2.24, 2.45) is 0 Å². The highest BCUT2D eigenvalue weighted by Crippen LogP contribution is 2.09. The molecule has 1 rings (SSSR count). The number of benzene rings is 1. The van der Waals surface area contributed by atoms with Gasteiger partial charge in [-0.15, -0.1) is 15.7 Å². The summed E-state index contributed by atoms with van der Waals surface area (Å²) in [5, 5.41) is 0. The molecule has 18 heavy (non-hydrogen) atoms. The Morgan fingerprint density at radius 1 is 1.00 bits per heavy atom. The molecule has 0 aliphatic heterocycles. The molecule has 0 radical (unpaired) electrons. The number of hydrogen-bond acceptors (Lipinski definition) is 4. The third kappa shape index (κ3) is 4.93. The van der Waals surface area contributed by atoms with E-state index >= 15 is 0 Å². The van der Waals surface area contributed by atoms with Gasteiger partial charge in [-0.1, -0.05) is 18.2 Å². The molecule has 8 heteroatoms. The Labute approximate surface area is 112 Å². The van der Waals surface area contributed by atoms with Crippen LogP contribution in [0.2, 0.25) is 0 Å². The van der Waals surface area contributed by atoms with Crippen molar-refractivity contribution < 1.29 is 16.8 Å². The second-order valence-electron chi connectivity index (χ2n) is 3.61. The average molecular weight is 312 g/mol. The molecule has 1 aromatic rings. The lowest BCUT2D eigenvalue weighted by molar-refractivity contribution is 0.575. The summed E-state index contributed by atoms with van der Waals surface area (Å²) < 4.78 is 48.4. The van der Waals surface area contributed by atoms with Crippen molar-refractivity contribution in [2.45, 2.75) is 17.7 Å². The van der Waals surface area contributed by atoms with E-state index in [0.29, 0.717) is 18.7 Å². The van der Waals surface area contributed by atoms with Crippen LogP contribution in [-0.4, -0.2) is 28.5 Å². The van der Waals surface area contributed by atoms with Crippen LogP contribution in [0.4, 0.5) is 0 Å². The van der Waals surface area contributed by atoms with E-state index in [9.17, 15) is 16.8 Å². The largest absolute Gasteiger partial charge is 0.253 e. The highest BCUT2D eigenvalue weighted by atomic mass is 35.5. The molecular weight excluding hydrogens is 298 g/mol. The minimum Gasteiger partial charge on any atom is -0.211 e. The molecular formula is C10H14ClNO4S2. The lowest BCUT2D eigenvalue weighted by Crippen LogP contribution is -2.32. The van der Waals surface area contributed by atoms with E-state index in [2.05, 4.69) is 0 Å². The molecule has 5 nitrogen and oxygen atoms in total. The Balaban J connectivity index is 2.78. The van der Waals surface area contributed by atoms with Crippen molar-refractivity contribution in [2.75, 3.05) is 11.6 Å². The van der Waals surface area contributed by atoms with Gasteiger partial charge in [0.15, 0.2) is 0 Å². The molecule has 0 saturated carbocycles. The first-order valence-corrected chi connectivity index (χ1v) is 8.92. The summed E-state index contributed by atoms with van der Waals surface area (Å²) in [6, 6.07) is 7.35. The zero-order valence-corrected chi connectivity index (χ0v) is 11.9. The Hall–Kier alpha value is -0.630. The number of unbranched alkanes of at least 4 members (excludes halogenated alkanes) is 1. The van der Waals surface area contributed by atoms with Crippen LogP contribution in [0.1, 0.15) is 12.8 Å². The predicted octanol–water partition coefficient (Wildman–Crippen LogP) is 1.31. The summed E-state index contributed by atoms with van der Waals surface area (Å²) in [4.78, 5) is -0.0779. The summed E-state index contributed by atoms with van der Waals surface area (Å²) in [5.74, 6) is 0.0900. The van der Waals surface area contributed by atoms with Crippen molar-refractivity contribution in [3.63, 3.8) is 0 Å². The molecule has 102 valence electrons. The normalized spacial score (nSPS) is 12.5. The van der Waals surface area contributed by atoms with Crippen LogP contribution >= 0.6 is 11.6 Å². The van der Waals surface area contributed by atoms with Gasteiger partial charge < -0.3 is 0 Å². The van der Waals surface area contributed by atoms with Gasteiger partial charge in [0.2, 0.25) is 10.0 Å². The maximum absolute atomic E-state index is 11.8. The molecule has 0 atom stereocenters. The fourth-order valence-corrected chi connectivity index (χ4v) is 4.59. The molecule has 0 unspecified atom stereocenters. The molecule has 0 heterocycles. The van der Waals surface area contributed by atoms with Crippen molar-refractivity contribution in [3.05, 3.63) is 30.3 Å². The average Bonchev–Trinajstić information content (AvgIpc) is 2.29. The van der Waals surface area contributed by atoms with Crippen LogP contribution in [0.3, 0.4) is 0 Å². The molecule has 0 bridgehead atoms. The van der Waals surface area contributed by atoms with Crippen molar-refractivity contribution >= 4 is 31.6 Å². The molecule has 0 saturated heterocycles. The molecule has 0 amide bonds. The van der Waals surface area contributed by atoms with Crippen molar-refractivity contribution in [3.8, 4) is 0 Å². The van der Waals surface area contributed by atoms with Crippen LogP contribution in [0.5, 0.6) is 0 Å². The van der Waals surface area contributed by atoms with E-state index in [0.717, 1.165) is 0 Å². The van der Waals surface area contributed by atoms with Gasteiger partial charge in [-0.3, -0.25) is 0 Å². The van der Waals surface area contributed by atoms with Crippen LogP contribution in [0, 0.1) is 0 Å². The topological polar surface area (TPSA) is 80.3 Å². The fraction of sp³-hybridized carbons (Fsp3) is 0.400. The van der Waals surface area contributed by atoms with Crippen LogP contribution in [-0.2, 0) is 20.0 Å².